The third kappa shape index (κ3) is 6.85. The Kier molecular flexibility index (Phi) is 7.39. The van der Waals surface area contributed by atoms with Crippen LogP contribution in [0.4, 0.5) is 9.18 Å². The molecular weight excluding hydrogens is 273 g/mol. The number of amides is 3. The number of hydrogen-bond donors (Lipinski definition) is 3. The van der Waals surface area contributed by atoms with Crippen molar-refractivity contribution in [2.24, 2.45) is 0 Å². The summed E-state index contributed by atoms with van der Waals surface area (Å²) in [7, 11) is 1.78. The molecule has 0 aromatic heterocycles. The summed E-state index contributed by atoms with van der Waals surface area (Å²) in [5, 5.41) is 4.87. The second kappa shape index (κ2) is 9.07. The average Bonchev–Trinajstić information content (AvgIpc) is 2.41. The number of unbranched alkanes of at least 4 members (excludes halogenated alkanes) is 1. The Balaban J connectivity index is 2.34. The molecule has 21 heavy (non-hydrogen) atoms. The van der Waals surface area contributed by atoms with Gasteiger partial charge in [-0.15, -0.1) is 0 Å². The lowest BCUT2D eigenvalue weighted by Gasteiger charge is -2.14. The number of rotatable bonds is 7. The van der Waals surface area contributed by atoms with Gasteiger partial charge in [0.05, 0.1) is 7.05 Å². The summed E-state index contributed by atoms with van der Waals surface area (Å²) >= 11 is 0. The van der Waals surface area contributed by atoms with Gasteiger partial charge in [-0.05, 0) is 12.5 Å². The van der Waals surface area contributed by atoms with Crippen LogP contribution in [0, 0.1) is 5.82 Å². The zero-order valence-electron chi connectivity index (χ0n) is 12.5. The highest BCUT2D eigenvalue weighted by molar-refractivity contribution is 5.94. The normalized spacial score (nSPS) is 11.8. The van der Waals surface area contributed by atoms with Crippen molar-refractivity contribution in [2.75, 3.05) is 20.1 Å². The van der Waals surface area contributed by atoms with Crippen LogP contribution in [0.5, 0.6) is 0 Å². The van der Waals surface area contributed by atoms with Gasteiger partial charge in [-0.3, -0.25) is 10.1 Å². The van der Waals surface area contributed by atoms with Gasteiger partial charge < -0.3 is 10.2 Å². The molecule has 0 fully saturated rings. The minimum Gasteiger partial charge on any atom is -0.338 e. The molecule has 5 nitrogen and oxygen atoms in total. The molecule has 1 aromatic carbocycles. The van der Waals surface area contributed by atoms with Gasteiger partial charge in [0, 0.05) is 12.1 Å². The quantitative estimate of drug-likeness (QED) is 0.640. The van der Waals surface area contributed by atoms with Crippen molar-refractivity contribution >= 4 is 11.9 Å². The zero-order chi connectivity index (χ0) is 15.7. The predicted molar refractivity (Wildman–Crippen MR) is 78.3 cm³/mol. The Bertz CT molecular complexity index is 480. The van der Waals surface area contributed by atoms with E-state index in [-0.39, 0.29) is 18.3 Å². The molecule has 116 valence electrons. The standard InChI is InChI=1S/C15H22FN3O2/c1-3-4-9-17-15(21)18-14(20)11-19(2)10-12-7-5-6-8-13(12)16/h5-8H,3-4,9-11H2,1-2H3,(H2,17,18,20,21)/p+1. The number of likely N-dealkylation sites (N-methyl/N-ethyl adjacent to an activating group) is 1. The lowest BCUT2D eigenvalue weighted by molar-refractivity contribution is -0.885. The maximum atomic E-state index is 13.5. The largest absolute Gasteiger partial charge is 0.338 e. The van der Waals surface area contributed by atoms with E-state index in [2.05, 4.69) is 10.6 Å². The summed E-state index contributed by atoms with van der Waals surface area (Å²) in [6, 6.07) is 5.99. The first kappa shape index (κ1) is 17.1. The summed E-state index contributed by atoms with van der Waals surface area (Å²) in [5.74, 6) is -0.660. The second-order valence-electron chi connectivity index (χ2n) is 5.06. The molecule has 3 N–H and O–H groups in total. The maximum absolute atomic E-state index is 13.5. The summed E-state index contributed by atoms with van der Waals surface area (Å²) in [4.78, 5) is 23.9. The van der Waals surface area contributed by atoms with Crippen molar-refractivity contribution in [1.82, 2.24) is 10.6 Å². The number of hydrogen-bond acceptors (Lipinski definition) is 2. The van der Waals surface area contributed by atoms with Crippen molar-refractivity contribution < 1.29 is 18.9 Å². The Labute approximate surface area is 124 Å². The van der Waals surface area contributed by atoms with Gasteiger partial charge in [-0.25, -0.2) is 9.18 Å². The lowest BCUT2D eigenvalue weighted by atomic mass is 10.2. The monoisotopic (exact) mass is 296 g/mol. The number of carbonyl (C=O) groups is 2. The molecule has 1 aromatic rings. The Hall–Kier alpha value is -1.95. The van der Waals surface area contributed by atoms with E-state index in [1.807, 2.05) is 6.92 Å². The molecular formula is C15H23FN3O2+. The van der Waals surface area contributed by atoms with Gasteiger partial charge in [0.1, 0.15) is 12.4 Å². The third-order valence-electron chi connectivity index (χ3n) is 2.98. The topological polar surface area (TPSA) is 62.6 Å². The molecule has 0 aliphatic heterocycles. The van der Waals surface area contributed by atoms with Crippen molar-refractivity contribution in [2.45, 2.75) is 26.3 Å². The smallest absolute Gasteiger partial charge is 0.321 e. The SMILES string of the molecule is CCCCNC(=O)NC(=O)C[NH+](C)Cc1ccccc1F. The highest BCUT2D eigenvalue weighted by Gasteiger charge is 2.14. The first-order valence-electron chi connectivity index (χ1n) is 7.15. The van der Waals surface area contributed by atoms with E-state index in [9.17, 15) is 14.0 Å². The van der Waals surface area contributed by atoms with Crippen LogP contribution in [-0.2, 0) is 11.3 Å². The number of imide groups is 1. The van der Waals surface area contributed by atoms with Gasteiger partial charge in [-0.1, -0.05) is 31.5 Å². The fraction of sp³-hybridized carbons (Fsp3) is 0.467. The molecule has 0 bridgehead atoms. The summed E-state index contributed by atoms with van der Waals surface area (Å²) in [6.07, 6.45) is 1.85. The van der Waals surface area contributed by atoms with Crippen LogP contribution >= 0.6 is 0 Å². The van der Waals surface area contributed by atoms with Crippen LogP contribution in [0.1, 0.15) is 25.3 Å². The van der Waals surface area contributed by atoms with Gasteiger partial charge in [-0.2, -0.15) is 0 Å². The molecule has 1 atom stereocenters. The first-order chi connectivity index (χ1) is 10.0. The second-order valence-corrected chi connectivity index (χ2v) is 5.06. The van der Waals surface area contributed by atoms with E-state index >= 15 is 0 Å². The molecule has 0 aliphatic rings. The van der Waals surface area contributed by atoms with E-state index in [1.54, 1.807) is 25.2 Å². The van der Waals surface area contributed by atoms with Crippen LogP contribution in [0.25, 0.3) is 0 Å². The lowest BCUT2D eigenvalue weighted by Crippen LogP contribution is -3.09. The van der Waals surface area contributed by atoms with Gasteiger partial charge >= 0.3 is 6.03 Å². The zero-order valence-corrected chi connectivity index (χ0v) is 12.5. The van der Waals surface area contributed by atoms with Crippen LogP contribution in [0.2, 0.25) is 0 Å². The molecule has 0 saturated carbocycles. The van der Waals surface area contributed by atoms with E-state index < -0.39 is 6.03 Å². The van der Waals surface area contributed by atoms with Crippen molar-refractivity contribution in [3.8, 4) is 0 Å². The number of quaternary nitrogens is 1. The molecule has 0 spiro atoms. The predicted octanol–water partition coefficient (Wildman–Crippen LogP) is 0.466. The minimum atomic E-state index is -0.479. The summed E-state index contributed by atoms with van der Waals surface area (Å²) in [5.41, 5.74) is 0.551. The molecule has 6 heteroatoms. The van der Waals surface area contributed by atoms with E-state index in [1.165, 1.54) is 6.07 Å². The summed E-state index contributed by atoms with van der Waals surface area (Å²) in [6.45, 7) is 3.06. The Morgan fingerprint density at radius 1 is 1.29 bits per heavy atom. The van der Waals surface area contributed by atoms with Crippen LogP contribution in [0.15, 0.2) is 24.3 Å². The van der Waals surface area contributed by atoms with Crippen LogP contribution in [-0.4, -0.2) is 32.1 Å². The number of urea groups is 1. The number of nitrogens with one attached hydrogen (secondary N) is 3. The number of halogens is 1. The van der Waals surface area contributed by atoms with Gasteiger partial charge in [0.15, 0.2) is 6.54 Å². The fourth-order valence-corrected chi connectivity index (χ4v) is 1.90. The van der Waals surface area contributed by atoms with Gasteiger partial charge in [0.25, 0.3) is 5.91 Å². The third-order valence-corrected chi connectivity index (χ3v) is 2.98. The van der Waals surface area contributed by atoms with E-state index in [0.29, 0.717) is 18.7 Å². The molecule has 0 radical (unpaired) electrons. The van der Waals surface area contributed by atoms with Crippen molar-refractivity contribution in [3.63, 3.8) is 0 Å². The average molecular weight is 296 g/mol. The fourth-order valence-electron chi connectivity index (χ4n) is 1.90. The number of benzene rings is 1. The first-order valence-corrected chi connectivity index (χ1v) is 7.15. The molecule has 3 amide bonds. The molecule has 0 saturated heterocycles. The summed E-state index contributed by atoms with van der Waals surface area (Å²) < 4.78 is 13.5. The molecule has 1 unspecified atom stereocenters. The molecule has 0 heterocycles. The molecule has 0 aliphatic carbocycles. The van der Waals surface area contributed by atoms with Crippen molar-refractivity contribution in [3.05, 3.63) is 35.6 Å². The van der Waals surface area contributed by atoms with Crippen LogP contribution in [0.3, 0.4) is 0 Å². The highest BCUT2D eigenvalue weighted by atomic mass is 19.1. The Morgan fingerprint density at radius 3 is 2.67 bits per heavy atom. The molecule has 1 rings (SSSR count). The van der Waals surface area contributed by atoms with E-state index in [4.69, 9.17) is 0 Å². The van der Waals surface area contributed by atoms with Crippen LogP contribution < -0.4 is 15.5 Å². The minimum absolute atomic E-state index is 0.107. The maximum Gasteiger partial charge on any atom is 0.321 e. The number of carbonyl (C=O) groups excluding carboxylic acids is 2. The van der Waals surface area contributed by atoms with Gasteiger partial charge in [0.2, 0.25) is 0 Å². The van der Waals surface area contributed by atoms with Crippen molar-refractivity contribution in [1.29, 1.82) is 0 Å². The highest BCUT2D eigenvalue weighted by Crippen LogP contribution is 2.03. The Morgan fingerprint density at radius 2 is 2.00 bits per heavy atom. The van der Waals surface area contributed by atoms with E-state index in [0.717, 1.165) is 17.7 Å².